The number of nitrogens with zero attached hydrogens (tertiary/aromatic N) is 1. The molecule has 0 bridgehead atoms. The van der Waals surface area contributed by atoms with Crippen LogP contribution in [0.2, 0.25) is 0 Å². The van der Waals surface area contributed by atoms with Gasteiger partial charge in [-0.05, 0) is 48.5 Å². The van der Waals surface area contributed by atoms with Crippen molar-refractivity contribution in [2.75, 3.05) is 19.7 Å². The molecule has 0 atom stereocenters. The molecule has 14 heteroatoms. The minimum absolute atomic E-state index is 0.0369. The Labute approximate surface area is 206 Å². The molecule has 2 aromatic carbocycles. The van der Waals surface area contributed by atoms with Crippen LogP contribution in [0.1, 0.15) is 18.1 Å². The maximum absolute atomic E-state index is 12.0. The molecular weight excluding hydrogens is 558 g/mol. The molecule has 2 rings (SSSR count). The minimum Gasteiger partial charge on any atom is -0.716 e. The van der Waals surface area contributed by atoms with Gasteiger partial charge in [-0.25, -0.2) is 21.6 Å². The van der Waals surface area contributed by atoms with Gasteiger partial charge in [-0.1, -0.05) is 35.0 Å². The van der Waals surface area contributed by atoms with E-state index < -0.39 is 26.8 Å². The summed E-state index contributed by atoms with van der Waals surface area (Å²) in [6.07, 6.45) is 2.61. The Kier molecular flexibility index (Phi) is 10.0. The summed E-state index contributed by atoms with van der Waals surface area (Å²) in [5.41, 5.74) is 0.998. The van der Waals surface area contributed by atoms with Gasteiger partial charge >= 0.3 is 5.97 Å². The van der Waals surface area contributed by atoms with E-state index in [-0.39, 0.29) is 24.7 Å². The Balaban J connectivity index is 1.89. The van der Waals surface area contributed by atoms with Crippen molar-refractivity contribution in [1.29, 1.82) is 0 Å². The summed E-state index contributed by atoms with van der Waals surface area (Å²) in [6.45, 7) is 2.99. The van der Waals surface area contributed by atoms with Crippen molar-refractivity contribution >= 4 is 48.8 Å². The SMILES string of the molecule is CCN(CCOC(=O)/C=C/c1ccc(OS(=O)(=O)[O-])cc1)Cc1cc(Br)ccc1OS(=O)(=O)[O-]. The van der Waals surface area contributed by atoms with Crippen molar-refractivity contribution < 1.29 is 43.8 Å². The first-order chi connectivity index (χ1) is 15.8. The molecule has 0 heterocycles. The maximum Gasteiger partial charge on any atom is 0.330 e. The summed E-state index contributed by atoms with van der Waals surface area (Å²) >= 11 is 3.29. The summed E-state index contributed by atoms with van der Waals surface area (Å²) in [7, 11) is -9.80. The van der Waals surface area contributed by atoms with Crippen LogP contribution >= 0.6 is 15.9 Å². The second kappa shape index (κ2) is 12.3. The van der Waals surface area contributed by atoms with Crippen LogP contribution in [-0.2, 0) is 36.9 Å². The normalized spacial score (nSPS) is 12.1. The number of benzene rings is 2. The van der Waals surface area contributed by atoms with Gasteiger partial charge in [0.1, 0.15) is 18.1 Å². The second-order valence-electron chi connectivity index (χ2n) is 6.67. The lowest BCUT2D eigenvalue weighted by Gasteiger charge is -2.22. The van der Waals surface area contributed by atoms with Gasteiger partial charge in [0.25, 0.3) is 20.8 Å². The summed E-state index contributed by atoms with van der Waals surface area (Å²) in [5.74, 6) is -0.857. The van der Waals surface area contributed by atoms with Crippen LogP contribution in [0.3, 0.4) is 0 Å². The number of hydrogen-bond acceptors (Lipinski definition) is 11. The lowest BCUT2D eigenvalue weighted by Crippen LogP contribution is -2.28. The van der Waals surface area contributed by atoms with Crippen LogP contribution in [0.5, 0.6) is 11.5 Å². The van der Waals surface area contributed by atoms with Gasteiger partial charge in [0.15, 0.2) is 0 Å². The summed E-state index contributed by atoms with van der Waals surface area (Å²) < 4.78 is 79.1. The number of esters is 1. The van der Waals surface area contributed by atoms with Gasteiger partial charge in [-0.3, -0.25) is 4.90 Å². The molecule has 0 N–H and O–H groups in total. The first-order valence-corrected chi connectivity index (χ1v) is 13.1. The van der Waals surface area contributed by atoms with Crippen LogP contribution in [0, 0.1) is 0 Å². The Hall–Kier alpha value is -2.49. The molecule has 0 aliphatic carbocycles. The Morgan fingerprint density at radius 2 is 1.68 bits per heavy atom. The van der Waals surface area contributed by atoms with E-state index in [0.29, 0.717) is 28.7 Å². The standard InChI is InChI=1S/C20H22BrNO10S2/c1-2-22(14-16-13-17(21)6-9-19(16)32-34(27,28)29)11-12-30-20(23)10-5-15-3-7-18(8-4-15)31-33(24,25)26/h3-10,13H,2,11-12,14H2,1H3,(H,24,25,26)(H,27,28,29)/p-2/b10-5+. The zero-order valence-electron chi connectivity index (χ0n) is 17.7. The lowest BCUT2D eigenvalue weighted by molar-refractivity contribution is -0.138. The average Bonchev–Trinajstić information content (AvgIpc) is 2.72. The van der Waals surface area contributed by atoms with Crippen LogP contribution < -0.4 is 8.37 Å². The highest BCUT2D eigenvalue weighted by molar-refractivity contribution is 9.10. The number of carbonyl (C=O) groups excluding carboxylic acids is 1. The van der Waals surface area contributed by atoms with Gasteiger partial charge in [-0.15, -0.1) is 0 Å². The van der Waals surface area contributed by atoms with Gasteiger partial charge in [0.2, 0.25) is 0 Å². The number of likely N-dealkylation sites (N-methyl/N-ethyl adjacent to an activating group) is 1. The quantitative estimate of drug-likeness (QED) is 0.157. The van der Waals surface area contributed by atoms with E-state index in [4.69, 9.17) is 4.74 Å². The van der Waals surface area contributed by atoms with E-state index in [1.807, 2.05) is 11.8 Å². The van der Waals surface area contributed by atoms with Crippen molar-refractivity contribution in [3.8, 4) is 11.5 Å². The fourth-order valence-corrected chi connectivity index (χ4v) is 3.83. The number of rotatable bonds is 12. The van der Waals surface area contributed by atoms with E-state index >= 15 is 0 Å². The fraction of sp³-hybridized carbons (Fsp3) is 0.250. The van der Waals surface area contributed by atoms with E-state index in [1.54, 1.807) is 12.1 Å². The number of halogens is 1. The van der Waals surface area contributed by atoms with E-state index in [2.05, 4.69) is 24.3 Å². The predicted octanol–water partition coefficient (Wildman–Crippen LogP) is 2.21. The fourth-order valence-electron chi connectivity index (χ4n) is 2.69. The average molecular weight is 578 g/mol. The molecule has 0 aliphatic heterocycles. The van der Waals surface area contributed by atoms with Gasteiger partial charge in [0.05, 0.1) is 0 Å². The first-order valence-electron chi connectivity index (χ1n) is 9.61. The molecule has 0 spiro atoms. The Bertz CT molecular complexity index is 1230. The Morgan fingerprint density at radius 1 is 1.03 bits per heavy atom. The third-order valence-electron chi connectivity index (χ3n) is 4.20. The highest BCUT2D eigenvalue weighted by Gasteiger charge is 2.12. The van der Waals surface area contributed by atoms with Crippen molar-refractivity contribution in [2.24, 2.45) is 0 Å². The van der Waals surface area contributed by atoms with Gasteiger partial charge < -0.3 is 22.2 Å². The first kappa shape index (κ1) is 27.8. The van der Waals surface area contributed by atoms with Crippen molar-refractivity contribution in [1.82, 2.24) is 4.90 Å². The minimum atomic E-state index is -4.93. The van der Waals surface area contributed by atoms with E-state index in [0.717, 1.165) is 0 Å². The van der Waals surface area contributed by atoms with E-state index in [1.165, 1.54) is 42.5 Å². The maximum atomic E-state index is 12.0. The molecular formula is C20H20BrNO10S2-2. The van der Waals surface area contributed by atoms with Crippen molar-refractivity contribution in [3.05, 3.63) is 64.1 Å². The molecule has 2 aromatic rings. The van der Waals surface area contributed by atoms with Crippen LogP contribution in [-0.4, -0.2) is 56.5 Å². The zero-order chi connectivity index (χ0) is 25.4. The molecule has 0 amide bonds. The van der Waals surface area contributed by atoms with Crippen molar-refractivity contribution in [3.63, 3.8) is 0 Å². The number of ether oxygens (including phenoxy) is 1. The third-order valence-corrected chi connectivity index (χ3v) is 5.47. The molecule has 0 saturated carbocycles. The molecule has 34 heavy (non-hydrogen) atoms. The smallest absolute Gasteiger partial charge is 0.330 e. The molecule has 0 saturated heterocycles. The van der Waals surface area contributed by atoms with Crippen LogP contribution in [0.25, 0.3) is 6.08 Å². The van der Waals surface area contributed by atoms with Crippen LogP contribution in [0.4, 0.5) is 0 Å². The van der Waals surface area contributed by atoms with Gasteiger partial charge in [0, 0.05) is 29.2 Å². The topological polar surface area (TPSA) is 162 Å². The Morgan fingerprint density at radius 3 is 2.26 bits per heavy atom. The molecule has 0 unspecified atom stereocenters. The monoisotopic (exact) mass is 577 g/mol. The molecule has 11 nitrogen and oxygen atoms in total. The van der Waals surface area contributed by atoms with E-state index in [9.17, 15) is 30.7 Å². The zero-order valence-corrected chi connectivity index (χ0v) is 21.0. The molecule has 0 aliphatic rings. The largest absolute Gasteiger partial charge is 0.716 e. The summed E-state index contributed by atoms with van der Waals surface area (Å²) in [5, 5.41) is 0. The predicted molar refractivity (Wildman–Crippen MR) is 122 cm³/mol. The highest BCUT2D eigenvalue weighted by Crippen LogP contribution is 2.25. The molecule has 0 fully saturated rings. The summed E-state index contributed by atoms with van der Waals surface area (Å²) in [4.78, 5) is 13.8. The second-order valence-corrected chi connectivity index (χ2v) is 9.56. The summed E-state index contributed by atoms with van der Waals surface area (Å²) in [6, 6.07) is 9.95. The van der Waals surface area contributed by atoms with Crippen LogP contribution in [0.15, 0.2) is 53.0 Å². The molecule has 0 aromatic heterocycles. The van der Waals surface area contributed by atoms with Gasteiger partial charge in [-0.2, -0.15) is 0 Å². The third kappa shape index (κ3) is 10.6. The number of hydrogen-bond donors (Lipinski definition) is 0. The van der Waals surface area contributed by atoms with Crippen molar-refractivity contribution in [2.45, 2.75) is 13.5 Å². The highest BCUT2D eigenvalue weighted by atomic mass is 79.9. The number of carbonyl (C=O) groups is 1. The molecule has 0 radical (unpaired) electrons. The lowest BCUT2D eigenvalue weighted by atomic mass is 10.2. The molecule has 186 valence electrons.